The van der Waals surface area contributed by atoms with E-state index in [0.29, 0.717) is 21.6 Å². The van der Waals surface area contributed by atoms with Gasteiger partial charge in [0.15, 0.2) is 16.7 Å². The number of hydrogen-bond acceptors (Lipinski definition) is 5. The van der Waals surface area contributed by atoms with E-state index in [9.17, 15) is 4.79 Å². The van der Waals surface area contributed by atoms with Gasteiger partial charge in [-0.3, -0.25) is 9.69 Å². The smallest absolute Gasteiger partial charge is 0.266 e. The van der Waals surface area contributed by atoms with Gasteiger partial charge in [-0.2, -0.15) is 0 Å². The predicted octanol–water partition coefficient (Wildman–Crippen LogP) is 4.72. The standard InChI is InChI=1S/C19H15BrN2O3S/c1-11-3-5-13(6-4-11)21-19-22(2)18(23)17(26-19)8-12-7-15-16(9-14(12)20)25-10-24-15/h3-9H,10H2,1-2H3. The monoisotopic (exact) mass is 430 g/mol. The van der Waals surface area contributed by atoms with E-state index in [2.05, 4.69) is 20.9 Å². The molecule has 2 aromatic rings. The van der Waals surface area contributed by atoms with Crippen LogP contribution in [0.2, 0.25) is 0 Å². The van der Waals surface area contributed by atoms with Gasteiger partial charge in [0.25, 0.3) is 5.91 Å². The molecule has 0 radical (unpaired) electrons. The average molecular weight is 431 g/mol. The fourth-order valence-electron chi connectivity index (χ4n) is 2.57. The van der Waals surface area contributed by atoms with E-state index >= 15 is 0 Å². The quantitative estimate of drug-likeness (QED) is 0.646. The number of amidine groups is 1. The highest BCUT2D eigenvalue weighted by Gasteiger charge is 2.30. The normalized spacial score (nSPS) is 19.0. The number of nitrogens with zero attached hydrogens (tertiary/aromatic N) is 2. The van der Waals surface area contributed by atoms with Crippen molar-refractivity contribution < 1.29 is 14.3 Å². The fraction of sp³-hybridized carbons (Fsp3) is 0.158. The number of aryl methyl sites for hydroxylation is 1. The molecule has 0 atom stereocenters. The van der Waals surface area contributed by atoms with Gasteiger partial charge in [0, 0.05) is 11.5 Å². The van der Waals surface area contributed by atoms with Crippen LogP contribution in [0.1, 0.15) is 11.1 Å². The summed E-state index contributed by atoms with van der Waals surface area (Å²) in [6.45, 7) is 2.24. The van der Waals surface area contributed by atoms with Gasteiger partial charge in [-0.1, -0.05) is 33.6 Å². The van der Waals surface area contributed by atoms with Crippen molar-refractivity contribution in [2.24, 2.45) is 4.99 Å². The van der Waals surface area contributed by atoms with E-state index in [-0.39, 0.29) is 12.7 Å². The van der Waals surface area contributed by atoms with E-state index in [4.69, 9.17) is 9.47 Å². The van der Waals surface area contributed by atoms with Gasteiger partial charge in [0.1, 0.15) is 0 Å². The van der Waals surface area contributed by atoms with Crippen molar-refractivity contribution in [3.05, 3.63) is 56.9 Å². The van der Waals surface area contributed by atoms with E-state index in [0.717, 1.165) is 15.7 Å². The number of carbonyl (C=O) groups is 1. The molecule has 4 rings (SSSR count). The second kappa shape index (κ2) is 6.81. The molecule has 0 spiro atoms. The lowest BCUT2D eigenvalue weighted by Crippen LogP contribution is -2.23. The van der Waals surface area contributed by atoms with Crippen LogP contribution in [0.25, 0.3) is 6.08 Å². The fourth-order valence-corrected chi connectivity index (χ4v) is 3.98. The number of benzene rings is 2. The molecule has 0 unspecified atom stereocenters. The number of halogens is 1. The number of rotatable bonds is 2. The van der Waals surface area contributed by atoms with Crippen LogP contribution in [0, 0.1) is 6.92 Å². The Hall–Kier alpha value is -2.25. The van der Waals surface area contributed by atoms with Crippen LogP contribution in [0.15, 0.2) is 50.8 Å². The summed E-state index contributed by atoms with van der Waals surface area (Å²) in [5.74, 6) is 1.30. The average Bonchev–Trinajstić information content (AvgIpc) is 3.17. The van der Waals surface area contributed by atoms with Crippen molar-refractivity contribution >= 4 is 50.5 Å². The van der Waals surface area contributed by atoms with Crippen LogP contribution < -0.4 is 9.47 Å². The molecule has 0 saturated carbocycles. The molecule has 2 heterocycles. The maximum Gasteiger partial charge on any atom is 0.266 e. The van der Waals surface area contributed by atoms with Crippen LogP contribution in [-0.4, -0.2) is 29.8 Å². The Kier molecular flexibility index (Phi) is 4.50. The lowest BCUT2D eigenvalue weighted by molar-refractivity contribution is -0.121. The summed E-state index contributed by atoms with van der Waals surface area (Å²) in [4.78, 5) is 19.4. The van der Waals surface area contributed by atoms with Gasteiger partial charge in [-0.25, -0.2) is 4.99 Å². The van der Waals surface area contributed by atoms with Gasteiger partial charge in [0.05, 0.1) is 10.6 Å². The molecule has 2 aliphatic rings. The first-order chi connectivity index (χ1) is 12.5. The van der Waals surface area contributed by atoms with Crippen LogP contribution in [0.4, 0.5) is 5.69 Å². The van der Waals surface area contributed by atoms with Gasteiger partial charge in [-0.05, 0) is 54.6 Å². The number of thioether (sulfide) groups is 1. The van der Waals surface area contributed by atoms with Crippen LogP contribution in [0.5, 0.6) is 11.5 Å². The summed E-state index contributed by atoms with van der Waals surface area (Å²) < 4.78 is 11.6. The number of ether oxygens (including phenoxy) is 2. The van der Waals surface area contributed by atoms with Crippen molar-refractivity contribution in [3.63, 3.8) is 0 Å². The van der Waals surface area contributed by atoms with E-state index in [1.807, 2.05) is 49.4 Å². The summed E-state index contributed by atoms with van der Waals surface area (Å²) in [7, 11) is 1.73. The minimum atomic E-state index is -0.0783. The Bertz CT molecular complexity index is 954. The maximum atomic E-state index is 12.6. The largest absolute Gasteiger partial charge is 0.454 e. The van der Waals surface area contributed by atoms with Crippen molar-refractivity contribution in [2.45, 2.75) is 6.92 Å². The van der Waals surface area contributed by atoms with E-state index in [1.165, 1.54) is 17.3 Å². The van der Waals surface area contributed by atoms with E-state index < -0.39 is 0 Å². The van der Waals surface area contributed by atoms with Crippen LogP contribution >= 0.6 is 27.7 Å². The zero-order valence-electron chi connectivity index (χ0n) is 14.2. The zero-order valence-corrected chi connectivity index (χ0v) is 16.6. The molecule has 0 aliphatic carbocycles. The molecule has 5 nitrogen and oxygen atoms in total. The topological polar surface area (TPSA) is 51.1 Å². The van der Waals surface area contributed by atoms with Crippen molar-refractivity contribution in [1.29, 1.82) is 0 Å². The first kappa shape index (κ1) is 17.2. The van der Waals surface area contributed by atoms with Gasteiger partial charge < -0.3 is 9.47 Å². The lowest BCUT2D eigenvalue weighted by Gasteiger charge is -2.07. The number of likely N-dealkylation sites (N-methyl/N-ethyl adjacent to an activating group) is 1. The zero-order chi connectivity index (χ0) is 18.3. The summed E-state index contributed by atoms with van der Waals surface area (Å²) >= 11 is 4.88. The number of amides is 1. The van der Waals surface area contributed by atoms with Crippen LogP contribution in [-0.2, 0) is 4.79 Å². The highest BCUT2D eigenvalue weighted by molar-refractivity contribution is 9.10. The lowest BCUT2D eigenvalue weighted by atomic mass is 10.2. The molecule has 7 heteroatoms. The predicted molar refractivity (Wildman–Crippen MR) is 107 cm³/mol. The van der Waals surface area contributed by atoms with Crippen molar-refractivity contribution in [1.82, 2.24) is 4.90 Å². The number of hydrogen-bond donors (Lipinski definition) is 0. The Morgan fingerprint density at radius 1 is 1.19 bits per heavy atom. The van der Waals surface area contributed by atoms with E-state index in [1.54, 1.807) is 11.9 Å². The van der Waals surface area contributed by atoms with Gasteiger partial charge in [0.2, 0.25) is 6.79 Å². The van der Waals surface area contributed by atoms with Gasteiger partial charge >= 0.3 is 0 Å². The Morgan fingerprint density at radius 3 is 2.62 bits per heavy atom. The maximum absolute atomic E-state index is 12.6. The molecule has 132 valence electrons. The first-order valence-corrected chi connectivity index (χ1v) is 9.54. The Balaban J connectivity index is 1.65. The van der Waals surface area contributed by atoms with Crippen LogP contribution in [0.3, 0.4) is 0 Å². The molecule has 0 bridgehead atoms. The number of carbonyl (C=O) groups excluding carboxylic acids is 1. The third kappa shape index (κ3) is 3.24. The summed E-state index contributed by atoms with van der Waals surface area (Å²) in [6, 6.07) is 11.6. The summed E-state index contributed by atoms with van der Waals surface area (Å²) in [5, 5.41) is 0.655. The highest BCUT2D eigenvalue weighted by atomic mass is 79.9. The molecule has 26 heavy (non-hydrogen) atoms. The molecular formula is C19H15BrN2O3S. The second-order valence-electron chi connectivity index (χ2n) is 5.93. The molecular weight excluding hydrogens is 416 g/mol. The molecule has 2 aliphatic heterocycles. The minimum Gasteiger partial charge on any atom is -0.454 e. The first-order valence-electron chi connectivity index (χ1n) is 7.93. The molecule has 0 aromatic heterocycles. The third-order valence-electron chi connectivity index (χ3n) is 4.04. The Morgan fingerprint density at radius 2 is 1.88 bits per heavy atom. The third-order valence-corrected chi connectivity index (χ3v) is 5.79. The highest BCUT2D eigenvalue weighted by Crippen LogP contribution is 2.40. The number of fused-ring (bicyclic) bond motifs is 1. The molecule has 2 aromatic carbocycles. The Labute approximate surface area is 163 Å². The van der Waals surface area contributed by atoms with Crippen molar-refractivity contribution in [3.8, 4) is 11.5 Å². The summed E-state index contributed by atoms with van der Waals surface area (Å²) in [6.07, 6.45) is 1.84. The van der Waals surface area contributed by atoms with Gasteiger partial charge in [-0.15, -0.1) is 0 Å². The second-order valence-corrected chi connectivity index (χ2v) is 7.80. The van der Waals surface area contributed by atoms with Crippen molar-refractivity contribution in [2.75, 3.05) is 13.8 Å². The molecule has 1 fully saturated rings. The number of aliphatic imine (C=N–C) groups is 1. The molecule has 0 N–H and O–H groups in total. The summed E-state index contributed by atoms with van der Waals surface area (Å²) in [5.41, 5.74) is 2.85. The molecule has 1 amide bonds. The SMILES string of the molecule is Cc1ccc(N=C2SC(=Cc3cc4c(cc3Br)OCO4)C(=O)N2C)cc1. The molecule has 1 saturated heterocycles. The minimum absolute atomic E-state index is 0.0783.